The topological polar surface area (TPSA) is 72.2 Å². The van der Waals surface area contributed by atoms with Crippen LogP contribution >= 0.6 is 0 Å². The van der Waals surface area contributed by atoms with Crippen LogP contribution in [0.25, 0.3) is 0 Å². The summed E-state index contributed by atoms with van der Waals surface area (Å²) < 4.78 is 51.4. The molecule has 0 bridgehead atoms. The second-order valence-electron chi connectivity index (χ2n) is 3.88. The Morgan fingerprint density at radius 3 is 2.50 bits per heavy atom. The summed E-state index contributed by atoms with van der Waals surface area (Å²) in [6.45, 7) is 1.65. The SMILES string of the molecule is CCC(CN)S(=O)(=O)NCc1ccc(F)c(F)c1. The third-order valence-electron chi connectivity index (χ3n) is 2.62. The van der Waals surface area contributed by atoms with Crippen LogP contribution in [0.3, 0.4) is 0 Å². The van der Waals surface area contributed by atoms with Crippen molar-refractivity contribution in [3.8, 4) is 0 Å². The summed E-state index contributed by atoms with van der Waals surface area (Å²) in [5.74, 6) is -1.97. The second kappa shape index (κ2) is 6.21. The molecule has 1 unspecified atom stereocenters. The molecule has 7 heteroatoms. The van der Waals surface area contributed by atoms with Crippen LogP contribution < -0.4 is 10.5 Å². The largest absolute Gasteiger partial charge is 0.329 e. The molecule has 0 heterocycles. The maximum absolute atomic E-state index is 12.9. The monoisotopic (exact) mass is 278 g/mol. The minimum atomic E-state index is -3.53. The number of nitrogens with one attached hydrogen (secondary N) is 1. The highest BCUT2D eigenvalue weighted by Crippen LogP contribution is 2.10. The van der Waals surface area contributed by atoms with E-state index in [1.807, 2.05) is 0 Å². The summed E-state index contributed by atoms with van der Waals surface area (Å²) in [5, 5.41) is -0.678. The smallest absolute Gasteiger partial charge is 0.216 e. The molecule has 1 aromatic carbocycles. The van der Waals surface area contributed by atoms with E-state index in [-0.39, 0.29) is 13.1 Å². The Kier molecular flexibility index (Phi) is 5.18. The van der Waals surface area contributed by atoms with Gasteiger partial charge in [0.15, 0.2) is 11.6 Å². The average Bonchev–Trinajstić information content (AvgIpc) is 2.32. The first kappa shape index (κ1) is 15.0. The number of hydrogen-bond acceptors (Lipinski definition) is 3. The van der Waals surface area contributed by atoms with Crippen molar-refractivity contribution in [2.45, 2.75) is 25.1 Å². The Balaban J connectivity index is 2.72. The second-order valence-corrected chi connectivity index (χ2v) is 5.93. The van der Waals surface area contributed by atoms with Crippen LogP contribution in [0.2, 0.25) is 0 Å². The van der Waals surface area contributed by atoms with Gasteiger partial charge in [-0.15, -0.1) is 0 Å². The molecule has 0 aliphatic heterocycles. The van der Waals surface area contributed by atoms with Gasteiger partial charge in [-0.3, -0.25) is 0 Å². The van der Waals surface area contributed by atoms with E-state index in [1.165, 1.54) is 6.07 Å². The fraction of sp³-hybridized carbons (Fsp3) is 0.455. The van der Waals surface area contributed by atoms with Gasteiger partial charge in [-0.1, -0.05) is 13.0 Å². The molecule has 1 atom stereocenters. The molecule has 1 aromatic rings. The summed E-state index contributed by atoms with van der Waals surface area (Å²) in [5.41, 5.74) is 5.70. The van der Waals surface area contributed by atoms with Crippen molar-refractivity contribution in [2.24, 2.45) is 5.73 Å². The predicted octanol–water partition coefficient (Wildman–Crippen LogP) is 1.12. The standard InChI is InChI=1S/C11H16F2N2O2S/c1-2-9(6-14)18(16,17)15-7-8-3-4-10(12)11(13)5-8/h3-5,9,15H,2,6-7,14H2,1H3. The number of nitrogens with two attached hydrogens (primary N) is 1. The molecule has 1 rings (SSSR count). The molecule has 102 valence electrons. The van der Waals surface area contributed by atoms with Gasteiger partial charge in [0.05, 0.1) is 5.25 Å². The van der Waals surface area contributed by atoms with Crippen LogP contribution in [0.5, 0.6) is 0 Å². The van der Waals surface area contributed by atoms with E-state index in [1.54, 1.807) is 6.92 Å². The zero-order valence-corrected chi connectivity index (χ0v) is 10.8. The van der Waals surface area contributed by atoms with Gasteiger partial charge in [0.2, 0.25) is 10.0 Å². The van der Waals surface area contributed by atoms with E-state index >= 15 is 0 Å². The zero-order valence-electron chi connectivity index (χ0n) is 9.99. The van der Waals surface area contributed by atoms with Crippen molar-refractivity contribution < 1.29 is 17.2 Å². The number of benzene rings is 1. The molecule has 3 N–H and O–H groups in total. The minimum Gasteiger partial charge on any atom is -0.329 e. The Morgan fingerprint density at radius 1 is 1.33 bits per heavy atom. The maximum atomic E-state index is 12.9. The van der Waals surface area contributed by atoms with Crippen molar-refractivity contribution in [1.29, 1.82) is 0 Å². The molecule has 0 amide bonds. The highest BCUT2D eigenvalue weighted by Gasteiger charge is 2.21. The van der Waals surface area contributed by atoms with Gasteiger partial charge in [0.25, 0.3) is 0 Å². The van der Waals surface area contributed by atoms with Gasteiger partial charge < -0.3 is 5.73 Å². The van der Waals surface area contributed by atoms with Crippen LogP contribution in [0.1, 0.15) is 18.9 Å². The molecule has 0 radical (unpaired) electrons. The lowest BCUT2D eigenvalue weighted by molar-refractivity contribution is 0.506. The van der Waals surface area contributed by atoms with E-state index < -0.39 is 26.9 Å². The van der Waals surface area contributed by atoms with E-state index in [4.69, 9.17) is 5.73 Å². The van der Waals surface area contributed by atoms with Crippen LogP contribution in [-0.2, 0) is 16.6 Å². The number of halogens is 2. The summed E-state index contributed by atoms with van der Waals surface area (Å²) in [6.07, 6.45) is 0.392. The van der Waals surface area contributed by atoms with Gasteiger partial charge in [0, 0.05) is 13.1 Å². The van der Waals surface area contributed by atoms with Gasteiger partial charge in [0.1, 0.15) is 0 Å². The van der Waals surface area contributed by atoms with E-state index in [0.717, 1.165) is 12.1 Å². The number of sulfonamides is 1. The van der Waals surface area contributed by atoms with Gasteiger partial charge >= 0.3 is 0 Å². The first-order chi connectivity index (χ1) is 8.40. The summed E-state index contributed by atoms with van der Waals surface area (Å²) in [4.78, 5) is 0. The molecule has 18 heavy (non-hydrogen) atoms. The number of rotatable bonds is 6. The van der Waals surface area contributed by atoms with E-state index in [2.05, 4.69) is 4.72 Å². The molecule has 0 spiro atoms. The summed E-state index contributed by atoms with van der Waals surface area (Å²) in [7, 11) is -3.53. The Labute approximate surface area is 105 Å². The Bertz CT molecular complexity index is 502. The van der Waals surface area contributed by atoms with Crippen LogP contribution in [0.15, 0.2) is 18.2 Å². The molecule has 0 fully saturated rings. The minimum absolute atomic E-state index is 0.0175. The normalized spacial score (nSPS) is 13.6. The highest BCUT2D eigenvalue weighted by atomic mass is 32.2. The zero-order chi connectivity index (χ0) is 13.8. The van der Waals surface area contributed by atoms with Crippen LogP contribution in [-0.4, -0.2) is 20.2 Å². The first-order valence-electron chi connectivity index (χ1n) is 5.53. The van der Waals surface area contributed by atoms with Crippen molar-refractivity contribution in [3.63, 3.8) is 0 Å². The van der Waals surface area contributed by atoms with E-state index in [9.17, 15) is 17.2 Å². The van der Waals surface area contributed by atoms with Crippen LogP contribution in [0.4, 0.5) is 8.78 Å². The molecule has 4 nitrogen and oxygen atoms in total. The van der Waals surface area contributed by atoms with Gasteiger partial charge in [-0.25, -0.2) is 21.9 Å². The highest BCUT2D eigenvalue weighted by molar-refractivity contribution is 7.90. The predicted molar refractivity (Wildman–Crippen MR) is 65.3 cm³/mol. The summed E-state index contributed by atoms with van der Waals surface area (Å²) >= 11 is 0. The number of hydrogen-bond donors (Lipinski definition) is 2. The molecular weight excluding hydrogens is 262 g/mol. The quantitative estimate of drug-likeness (QED) is 0.819. The van der Waals surface area contributed by atoms with Crippen LogP contribution in [0, 0.1) is 11.6 Å². The maximum Gasteiger partial charge on any atom is 0.216 e. The molecule has 0 saturated carbocycles. The Hall–Kier alpha value is -1.05. The molecule has 0 saturated heterocycles. The molecule has 0 aliphatic rings. The van der Waals surface area contributed by atoms with Crippen molar-refractivity contribution in [1.82, 2.24) is 4.72 Å². The van der Waals surface area contributed by atoms with Gasteiger partial charge in [-0.2, -0.15) is 0 Å². The molecule has 0 aliphatic carbocycles. The fourth-order valence-electron chi connectivity index (χ4n) is 1.46. The lowest BCUT2D eigenvalue weighted by atomic mass is 10.2. The third-order valence-corrected chi connectivity index (χ3v) is 4.57. The third kappa shape index (κ3) is 3.72. The lowest BCUT2D eigenvalue weighted by Crippen LogP contribution is -2.38. The average molecular weight is 278 g/mol. The molecular formula is C11H16F2N2O2S. The van der Waals surface area contributed by atoms with Crippen molar-refractivity contribution in [3.05, 3.63) is 35.4 Å². The molecule has 0 aromatic heterocycles. The first-order valence-corrected chi connectivity index (χ1v) is 7.07. The van der Waals surface area contributed by atoms with Crippen molar-refractivity contribution >= 4 is 10.0 Å². The summed E-state index contributed by atoms with van der Waals surface area (Å²) in [6, 6.07) is 3.24. The van der Waals surface area contributed by atoms with Crippen molar-refractivity contribution in [2.75, 3.05) is 6.54 Å². The van der Waals surface area contributed by atoms with Gasteiger partial charge in [-0.05, 0) is 24.1 Å². The van der Waals surface area contributed by atoms with E-state index in [0.29, 0.717) is 12.0 Å². The Morgan fingerprint density at radius 2 is 2.00 bits per heavy atom. The fourth-order valence-corrected chi connectivity index (χ4v) is 2.76. The lowest BCUT2D eigenvalue weighted by Gasteiger charge is -2.14.